The standard InChI is InChI=1S/C14H11F3O3S/c1-10-5-2-3-8-13(10)20-21(18,19)12-7-4-6-11(9-12)14(15,16)17/h2-9H,1H3. The normalized spacial score (nSPS) is 12.2. The fourth-order valence-electron chi connectivity index (χ4n) is 1.64. The predicted octanol–water partition coefficient (Wildman–Crippen LogP) is 3.78. The van der Waals surface area contributed by atoms with Crippen LogP contribution in [0.25, 0.3) is 0 Å². The Morgan fingerprint density at radius 3 is 2.29 bits per heavy atom. The van der Waals surface area contributed by atoms with Gasteiger partial charge in [-0.15, -0.1) is 0 Å². The molecule has 0 heterocycles. The van der Waals surface area contributed by atoms with Gasteiger partial charge in [0.1, 0.15) is 10.6 Å². The van der Waals surface area contributed by atoms with Crippen LogP contribution in [0.2, 0.25) is 0 Å². The highest BCUT2D eigenvalue weighted by molar-refractivity contribution is 7.87. The molecule has 0 fully saturated rings. The molecule has 0 radical (unpaired) electrons. The van der Waals surface area contributed by atoms with Crippen LogP contribution in [0.1, 0.15) is 11.1 Å². The lowest BCUT2D eigenvalue weighted by Gasteiger charge is -2.11. The van der Waals surface area contributed by atoms with E-state index in [1.807, 2.05) is 0 Å². The third kappa shape index (κ3) is 3.55. The summed E-state index contributed by atoms with van der Waals surface area (Å²) in [5.41, 5.74) is -0.481. The van der Waals surface area contributed by atoms with Crippen LogP contribution in [0, 0.1) is 6.92 Å². The Labute approximate surface area is 120 Å². The van der Waals surface area contributed by atoms with Crippen molar-refractivity contribution >= 4 is 10.1 Å². The van der Waals surface area contributed by atoms with Gasteiger partial charge in [-0.05, 0) is 36.8 Å². The molecule has 0 aliphatic heterocycles. The highest BCUT2D eigenvalue weighted by Crippen LogP contribution is 2.31. The molecule has 0 saturated heterocycles. The van der Waals surface area contributed by atoms with Gasteiger partial charge in [0.15, 0.2) is 0 Å². The van der Waals surface area contributed by atoms with Crippen LogP contribution in [0.15, 0.2) is 53.4 Å². The minimum Gasteiger partial charge on any atom is -0.379 e. The van der Waals surface area contributed by atoms with E-state index < -0.39 is 26.8 Å². The molecule has 2 aromatic rings. The maximum atomic E-state index is 12.6. The number of halogens is 3. The van der Waals surface area contributed by atoms with E-state index in [4.69, 9.17) is 4.18 Å². The van der Waals surface area contributed by atoms with Crippen LogP contribution in [0.5, 0.6) is 5.75 Å². The Bertz CT molecular complexity index is 752. The summed E-state index contributed by atoms with van der Waals surface area (Å²) in [6.45, 7) is 1.64. The number of alkyl halides is 3. The summed E-state index contributed by atoms with van der Waals surface area (Å²) < 4.78 is 66.8. The monoisotopic (exact) mass is 316 g/mol. The van der Waals surface area contributed by atoms with E-state index >= 15 is 0 Å². The van der Waals surface area contributed by atoms with E-state index in [1.165, 1.54) is 6.07 Å². The van der Waals surface area contributed by atoms with Crippen molar-refractivity contribution in [2.75, 3.05) is 0 Å². The van der Waals surface area contributed by atoms with Crippen LogP contribution >= 0.6 is 0 Å². The smallest absolute Gasteiger partial charge is 0.379 e. The summed E-state index contributed by atoms with van der Waals surface area (Å²) in [6.07, 6.45) is -4.62. The van der Waals surface area contributed by atoms with Gasteiger partial charge in [-0.2, -0.15) is 21.6 Å². The minimum atomic E-state index is -4.62. The van der Waals surface area contributed by atoms with Crippen LogP contribution in [0.4, 0.5) is 13.2 Å². The van der Waals surface area contributed by atoms with Crippen LogP contribution < -0.4 is 4.18 Å². The number of rotatable bonds is 3. The van der Waals surface area contributed by atoms with Gasteiger partial charge in [-0.1, -0.05) is 24.3 Å². The minimum absolute atomic E-state index is 0.0786. The lowest BCUT2D eigenvalue weighted by molar-refractivity contribution is -0.137. The topological polar surface area (TPSA) is 43.4 Å². The molecular weight excluding hydrogens is 305 g/mol. The second-order valence-electron chi connectivity index (χ2n) is 4.33. The van der Waals surface area contributed by atoms with Gasteiger partial charge in [0.2, 0.25) is 0 Å². The zero-order valence-corrected chi connectivity index (χ0v) is 11.7. The van der Waals surface area contributed by atoms with Gasteiger partial charge >= 0.3 is 16.3 Å². The molecule has 0 saturated carbocycles. The molecule has 112 valence electrons. The van der Waals surface area contributed by atoms with Gasteiger partial charge in [-0.3, -0.25) is 0 Å². The number of benzene rings is 2. The van der Waals surface area contributed by atoms with Crippen LogP contribution in [-0.4, -0.2) is 8.42 Å². The fourth-order valence-corrected chi connectivity index (χ4v) is 2.68. The second-order valence-corrected chi connectivity index (χ2v) is 5.87. The maximum Gasteiger partial charge on any atom is 0.416 e. The molecule has 2 rings (SSSR count). The van der Waals surface area contributed by atoms with E-state index in [9.17, 15) is 21.6 Å². The van der Waals surface area contributed by atoms with Crippen molar-refractivity contribution in [3.63, 3.8) is 0 Å². The Morgan fingerprint density at radius 1 is 1.00 bits per heavy atom. The van der Waals surface area contributed by atoms with Gasteiger partial charge in [0.25, 0.3) is 0 Å². The van der Waals surface area contributed by atoms with Gasteiger partial charge < -0.3 is 4.18 Å². The Kier molecular flexibility index (Phi) is 3.95. The van der Waals surface area contributed by atoms with Crippen molar-refractivity contribution in [2.45, 2.75) is 18.0 Å². The van der Waals surface area contributed by atoms with Crippen molar-refractivity contribution in [3.05, 3.63) is 59.7 Å². The first-order valence-electron chi connectivity index (χ1n) is 5.87. The van der Waals surface area contributed by atoms with E-state index in [0.717, 1.165) is 18.2 Å². The van der Waals surface area contributed by atoms with Gasteiger partial charge in [0, 0.05) is 0 Å². The Hall–Kier alpha value is -2.02. The molecular formula is C14H11F3O3S. The highest BCUT2D eigenvalue weighted by atomic mass is 32.2. The summed E-state index contributed by atoms with van der Waals surface area (Å²) in [4.78, 5) is -0.541. The molecule has 0 atom stereocenters. The van der Waals surface area contributed by atoms with E-state index in [0.29, 0.717) is 11.6 Å². The lowest BCUT2D eigenvalue weighted by atomic mass is 10.2. The van der Waals surface area contributed by atoms with Crippen molar-refractivity contribution in [2.24, 2.45) is 0 Å². The summed E-state index contributed by atoms with van der Waals surface area (Å²) in [7, 11) is -4.32. The van der Waals surface area contributed by atoms with Crippen LogP contribution in [-0.2, 0) is 16.3 Å². The number of para-hydroxylation sites is 1. The summed E-state index contributed by atoms with van der Waals surface area (Å²) >= 11 is 0. The molecule has 3 nitrogen and oxygen atoms in total. The fraction of sp³-hybridized carbons (Fsp3) is 0.143. The largest absolute Gasteiger partial charge is 0.416 e. The van der Waals surface area contributed by atoms with Gasteiger partial charge in [0.05, 0.1) is 5.56 Å². The third-order valence-electron chi connectivity index (χ3n) is 2.74. The first-order valence-corrected chi connectivity index (χ1v) is 7.28. The third-order valence-corrected chi connectivity index (χ3v) is 3.97. The molecule has 0 N–H and O–H groups in total. The average Bonchev–Trinajstić information content (AvgIpc) is 2.40. The summed E-state index contributed by atoms with van der Waals surface area (Å²) in [5, 5.41) is 0. The maximum absolute atomic E-state index is 12.6. The SMILES string of the molecule is Cc1ccccc1OS(=O)(=O)c1cccc(C(F)(F)F)c1. The first-order chi connectivity index (χ1) is 9.70. The Morgan fingerprint density at radius 2 is 1.67 bits per heavy atom. The molecule has 0 bridgehead atoms. The highest BCUT2D eigenvalue weighted by Gasteiger charge is 2.32. The van der Waals surface area contributed by atoms with Crippen molar-refractivity contribution in [1.82, 2.24) is 0 Å². The molecule has 0 aromatic heterocycles. The molecule has 0 amide bonds. The van der Waals surface area contributed by atoms with Crippen molar-refractivity contribution in [3.8, 4) is 5.75 Å². The number of hydrogen-bond donors (Lipinski definition) is 0. The molecule has 0 spiro atoms. The van der Waals surface area contributed by atoms with E-state index in [-0.39, 0.29) is 5.75 Å². The first kappa shape index (κ1) is 15.4. The average molecular weight is 316 g/mol. The van der Waals surface area contributed by atoms with E-state index in [2.05, 4.69) is 0 Å². The summed E-state index contributed by atoms with van der Waals surface area (Å²) in [6, 6.07) is 9.76. The second kappa shape index (κ2) is 5.40. The predicted molar refractivity (Wildman–Crippen MR) is 70.4 cm³/mol. The number of hydrogen-bond acceptors (Lipinski definition) is 3. The molecule has 0 unspecified atom stereocenters. The molecule has 0 aliphatic carbocycles. The van der Waals surface area contributed by atoms with E-state index in [1.54, 1.807) is 25.1 Å². The molecule has 21 heavy (non-hydrogen) atoms. The summed E-state index contributed by atoms with van der Waals surface area (Å²) in [5.74, 6) is 0.0786. The zero-order valence-electron chi connectivity index (χ0n) is 10.9. The van der Waals surface area contributed by atoms with Crippen LogP contribution in [0.3, 0.4) is 0 Å². The van der Waals surface area contributed by atoms with Crippen molar-refractivity contribution < 1.29 is 25.8 Å². The van der Waals surface area contributed by atoms with Crippen molar-refractivity contribution in [1.29, 1.82) is 0 Å². The molecule has 2 aromatic carbocycles. The molecule has 0 aliphatic rings. The van der Waals surface area contributed by atoms with Gasteiger partial charge in [-0.25, -0.2) is 0 Å². The number of aryl methyl sites for hydroxylation is 1. The zero-order chi connectivity index (χ0) is 15.7. The quantitative estimate of drug-likeness (QED) is 0.809. The molecule has 7 heteroatoms. The Balaban J connectivity index is 2.39. The lowest BCUT2D eigenvalue weighted by Crippen LogP contribution is -2.12.